The molecular formula is C8H11BrO3. The van der Waals surface area contributed by atoms with Gasteiger partial charge in [-0.05, 0) is 0 Å². The Balaban J connectivity index is 2.91. The monoisotopic (exact) mass is 234 g/mol. The van der Waals surface area contributed by atoms with Crippen molar-refractivity contribution in [3.8, 4) is 0 Å². The number of ketones is 2. The molecule has 4 heteroatoms. The third-order valence-corrected chi connectivity index (χ3v) is 4.03. The van der Waals surface area contributed by atoms with E-state index < -0.39 is 17.7 Å². The van der Waals surface area contributed by atoms with Crippen LogP contribution in [0.1, 0.15) is 13.8 Å². The van der Waals surface area contributed by atoms with Gasteiger partial charge in [0.1, 0.15) is 6.10 Å². The van der Waals surface area contributed by atoms with E-state index in [0.717, 1.165) is 0 Å². The zero-order chi connectivity index (χ0) is 9.46. The number of carbonyl (C=O) groups excluding carboxylic acids is 2. The number of aliphatic hydroxyl groups is 1. The van der Waals surface area contributed by atoms with Crippen molar-refractivity contribution in [1.29, 1.82) is 0 Å². The van der Waals surface area contributed by atoms with Crippen LogP contribution in [0.5, 0.6) is 0 Å². The zero-order valence-electron chi connectivity index (χ0n) is 6.95. The van der Waals surface area contributed by atoms with Crippen molar-refractivity contribution < 1.29 is 14.7 Å². The summed E-state index contributed by atoms with van der Waals surface area (Å²) in [4.78, 5) is 22.1. The van der Waals surface area contributed by atoms with Crippen LogP contribution in [-0.2, 0) is 9.59 Å². The van der Waals surface area contributed by atoms with E-state index in [2.05, 4.69) is 15.9 Å². The fraction of sp³-hybridized carbons (Fsp3) is 0.750. The third-order valence-electron chi connectivity index (χ3n) is 2.40. The first-order valence-corrected chi connectivity index (χ1v) is 4.78. The van der Waals surface area contributed by atoms with E-state index >= 15 is 0 Å². The number of halogens is 1. The highest BCUT2D eigenvalue weighted by molar-refractivity contribution is 9.09. The van der Waals surface area contributed by atoms with Crippen LogP contribution in [0.25, 0.3) is 0 Å². The normalized spacial score (nSPS) is 43.3. The Hall–Kier alpha value is -0.220. The quantitative estimate of drug-likeness (QED) is 0.492. The summed E-state index contributed by atoms with van der Waals surface area (Å²) >= 11 is 3.29. The lowest BCUT2D eigenvalue weighted by Gasteiger charge is -2.31. The van der Waals surface area contributed by atoms with Gasteiger partial charge in [0.15, 0.2) is 0 Å². The molecule has 1 saturated carbocycles. The van der Waals surface area contributed by atoms with Crippen LogP contribution in [0.2, 0.25) is 0 Å². The Morgan fingerprint density at radius 2 is 1.75 bits per heavy atom. The lowest BCUT2D eigenvalue weighted by Crippen LogP contribution is -2.49. The number of Topliss-reactive ketones (excluding diaryl/α,β-unsaturated/α-hetero) is 2. The highest BCUT2D eigenvalue weighted by atomic mass is 79.9. The molecule has 4 atom stereocenters. The smallest absolute Gasteiger partial charge is 0.227 e. The van der Waals surface area contributed by atoms with Crippen molar-refractivity contribution in [2.45, 2.75) is 24.8 Å². The van der Waals surface area contributed by atoms with E-state index in [1.54, 1.807) is 13.8 Å². The first kappa shape index (κ1) is 9.86. The van der Waals surface area contributed by atoms with Crippen molar-refractivity contribution in [3.63, 3.8) is 0 Å². The molecule has 0 aromatic rings. The highest BCUT2D eigenvalue weighted by Crippen LogP contribution is 2.30. The zero-order valence-corrected chi connectivity index (χ0v) is 8.54. The number of carbonyl (C=O) groups is 2. The molecule has 0 saturated heterocycles. The minimum absolute atomic E-state index is 0.0994. The van der Waals surface area contributed by atoms with Crippen molar-refractivity contribution in [1.82, 2.24) is 0 Å². The average Bonchev–Trinajstić information content (AvgIpc) is 2.08. The highest BCUT2D eigenvalue weighted by Gasteiger charge is 2.43. The maximum atomic E-state index is 11.2. The number of rotatable bonds is 0. The first-order chi connectivity index (χ1) is 5.46. The van der Waals surface area contributed by atoms with E-state index in [1.165, 1.54) is 0 Å². The predicted octanol–water partition coefficient (Wildman–Crippen LogP) is 0.535. The van der Waals surface area contributed by atoms with Gasteiger partial charge >= 0.3 is 0 Å². The molecule has 0 heterocycles. The molecule has 68 valence electrons. The fourth-order valence-corrected chi connectivity index (χ4v) is 1.91. The summed E-state index contributed by atoms with van der Waals surface area (Å²) in [6.07, 6.45) is -1.13. The maximum absolute atomic E-state index is 11.2. The molecule has 1 fully saturated rings. The summed E-state index contributed by atoms with van der Waals surface area (Å²) in [5.41, 5.74) is 0. The molecule has 1 aliphatic rings. The largest absolute Gasteiger partial charge is 0.384 e. The Kier molecular flexibility index (Phi) is 2.68. The Labute approximate surface area is 79.3 Å². The van der Waals surface area contributed by atoms with E-state index in [4.69, 9.17) is 0 Å². The fourth-order valence-electron chi connectivity index (χ4n) is 1.38. The van der Waals surface area contributed by atoms with E-state index in [1.807, 2.05) is 0 Å². The molecule has 0 aromatic carbocycles. The lowest BCUT2D eigenvalue weighted by atomic mass is 9.79. The second-order valence-electron chi connectivity index (χ2n) is 3.27. The molecule has 0 spiro atoms. The molecule has 0 aliphatic heterocycles. The van der Waals surface area contributed by atoms with Gasteiger partial charge in [0.25, 0.3) is 0 Å². The second kappa shape index (κ2) is 3.26. The maximum Gasteiger partial charge on any atom is 0.227 e. The molecule has 0 bridgehead atoms. The summed E-state index contributed by atoms with van der Waals surface area (Å²) < 4.78 is 0. The van der Waals surface area contributed by atoms with Crippen molar-refractivity contribution in [2.75, 3.05) is 0 Å². The van der Waals surface area contributed by atoms with E-state index in [0.29, 0.717) is 0 Å². The van der Waals surface area contributed by atoms with Gasteiger partial charge in [-0.2, -0.15) is 0 Å². The second-order valence-corrected chi connectivity index (χ2v) is 4.32. The van der Waals surface area contributed by atoms with Crippen LogP contribution in [0.15, 0.2) is 0 Å². The lowest BCUT2D eigenvalue weighted by molar-refractivity contribution is -0.148. The van der Waals surface area contributed by atoms with Gasteiger partial charge in [-0.3, -0.25) is 9.59 Å². The molecule has 0 radical (unpaired) electrons. The van der Waals surface area contributed by atoms with E-state index in [-0.39, 0.29) is 16.7 Å². The van der Waals surface area contributed by atoms with Gasteiger partial charge in [-0.1, -0.05) is 29.8 Å². The molecule has 1 aliphatic carbocycles. The van der Waals surface area contributed by atoms with Gasteiger partial charge in [0.05, 0.1) is 0 Å². The summed E-state index contributed by atoms with van der Waals surface area (Å²) in [5.74, 6) is -1.63. The van der Waals surface area contributed by atoms with Gasteiger partial charge in [-0.15, -0.1) is 0 Å². The Morgan fingerprint density at radius 3 is 2.25 bits per heavy atom. The standard InChI is InChI=1S/C8H11BrO3/c1-3-5(9)4(2)7(11)8(12)6(3)10/h3-6,10H,1-2H3. The summed E-state index contributed by atoms with van der Waals surface area (Å²) in [5, 5.41) is 9.30. The number of hydrogen-bond donors (Lipinski definition) is 1. The summed E-state index contributed by atoms with van der Waals surface area (Å²) in [6.45, 7) is 3.45. The van der Waals surface area contributed by atoms with Crippen molar-refractivity contribution in [3.05, 3.63) is 0 Å². The molecule has 0 aromatic heterocycles. The summed E-state index contributed by atoms with van der Waals surface area (Å²) in [6, 6.07) is 0. The molecule has 3 nitrogen and oxygen atoms in total. The van der Waals surface area contributed by atoms with Gasteiger partial charge in [0, 0.05) is 16.7 Å². The van der Waals surface area contributed by atoms with Crippen LogP contribution in [0, 0.1) is 11.8 Å². The predicted molar refractivity (Wildman–Crippen MR) is 47.1 cm³/mol. The Morgan fingerprint density at radius 1 is 1.25 bits per heavy atom. The van der Waals surface area contributed by atoms with Crippen molar-refractivity contribution in [2.24, 2.45) is 11.8 Å². The van der Waals surface area contributed by atoms with Crippen molar-refractivity contribution >= 4 is 27.5 Å². The van der Waals surface area contributed by atoms with Crippen LogP contribution in [-0.4, -0.2) is 27.6 Å². The molecular weight excluding hydrogens is 224 g/mol. The van der Waals surface area contributed by atoms with Gasteiger partial charge in [-0.25, -0.2) is 0 Å². The average molecular weight is 235 g/mol. The number of alkyl halides is 1. The van der Waals surface area contributed by atoms with Gasteiger partial charge < -0.3 is 5.11 Å². The summed E-state index contributed by atoms with van der Waals surface area (Å²) in [7, 11) is 0. The Bertz CT molecular complexity index is 202. The SMILES string of the molecule is CC1C(=O)C(=O)C(O)C(C)C1Br. The molecule has 1 N–H and O–H groups in total. The van der Waals surface area contributed by atoms with E-state index in [9.17, 15) is 14.7 Å². The minimum Gasteiger partial charge on any atom is -0.384 e. The molecule has 12 heavy (non-hydrogen) atoms. The van der Waals surface area contributed by atoms with Crippen LogP contribution in [0.4, 0.5) is 0 Å². The minimum atomic E-state index is -1.13. The first-order valence-electron chi connectivity index (χ1n) is 3.87. The van der Waals surface area contributed by atoms with Crippen LogP contribution in [0.3, 0.4) is 0 Å². The number of hydrogen-bond acceptors (Lipinski definition) is 3. The van der Waals surface area contributed by atoms with Crippen LogP contribution >= 0.6 is 15.9 Å². The number of aliphatic hydroxyl groups excluding tert-OH is 1. The third kappa shape index (κ3) is 1.33. The van der Waals surface area contributed by atoms with Gasteiger partial charge in [0.2, 0.25) is 11.6 Å². The molecule has 4 unspecified atom stereocenters. The molecule has 1 rings (SSSR count). The molecule has 0 amide bonds. The topological polar surface area (TPSA) is 54.4 Å². The van der Waals surface area contributed by atoms with Crippen LogP contribution < -0.4 is 0 Å².